The minimum Gasteiger partial charge on any atom is -0.504 e. The molecule has 0 spiro atoms. The highest BCUT2D eigenvalue weighted by Gasteiger charge is 2.32. The maximum atomic E-state index is 10.3. The van der Waals surface area contributed by atoms with E-state index in [1.54, 1.807) is 18.9 Å². The summed E-state index contributed by atoms with van der Waals surface area (Å²) in [5.74, 6) is 1.60. The number of fused-ring (bicyclic) bond motifs is 1. The number of rotatable bonds is 6. The Kier molecular flexibility index (Phi) is 5.92. The van der Waals surface area contributed by atoms with E-state index in [0.717, 1.165) is 40.3 Å². The summed E-state index contributed by atoms with van der Waals surface area (Å²) >= 11 is 1.79. The summed E-state index contributed by atoms with van der Waals surface area (Å²) in [6.07, 6.45) is 4.43. The molecule has 1 atom stereocenters. The first-order chi connectivity index (χ1) is 12.6. The van der Waals surface area contributed by atoms with Gasteiger partial charge in [0, 0.05) is 21.8 Å². The van der Waals surface area contributed by atoms with Gasteiger partial charge in [0.2, 0.25) is 0 Å². The maximum Gasteiger partial charge on any atom is 0.161 e. The SMILES string of the molecule is CCCC[C@]1(CC)CSc2cc(O)c(OC)cc2C(c2ccccc2)=N1. The number of ether oxygens (including phenoxy) is 1. The third kappa shape index (κ3) is 3.75. The average molecular weight is 370 g/mol. The smallest absolute Gasteiger partial charge is 0.161 e. The van der Waals surface area contributed by atoms with Crippen molar-refractivity contribution >= 4 is 17.5 Å². The number of aliphatic imine (C=N–C) groups is 1. The zero-order valence-corrected chi connectivity index (χ0v) is 16.6. The van der Waals surface area contributed by atoms with Gasteiger partial charge in [-0.2, -0.15) is 0 Å². The van der Waals surface area contributed by atoms with Crippen LogP contribution in [0.15, 0.2) is 52.4 Å². The zero-order valence-electron chi connectivity index (χ0n) is 15.8. The van der Waals surface area contributed by atoms with Crippen molar-refractivity contribution in [1.29, 1.82) is 0 Å². The minimum atomic E-state index is -0.0757. The van der Waals surface area contributed by atoms with Gasteiger partial charge in [-0.25, -0.2) is 0 Å². The van der Waals surface area contributed by atoms with Crippen molar-refractivity contribution in [2.24, 2.45) is 4.99 Å². The Morgan fingerprint density at radius 1 is 1.19 bits per heavy atom. The van der Waals surface area contributed by atoms with E-state index in [1.165, 1.54) is 12.8 Å². The van der Waals surface area contributed by atoms with Crippen LogP contribution < -0.4 is 4.74 Å². The Morgan fingerprint density at radius 3 is 2.62 bits per heavy atom. The largest absolute Gasteiger partial charge is 0.504 e. The molecule has 2 aromatic carbocycles. The lowest BCUT2D eigenvalue weighted by Gasteiger charge is -2.28. The van der Waals surface area contributed by atoms with Gasteiger partial charge in [0.05, 0.1) is 18.4 Å². The number of benzene rings is 2. The number of phenolic OH excluding ortho intramolecular Hbond substituents is 1. The molecule has 1 aliphatic rings. The molecular weight excluding hydrogens is 342 g/mol. The number of aromatic hydroxyl groups is 1. The number of thioether (sulfide) groups is 1. The van der Waals surface area contributed by atoms with Gasteiger partial charge < -0.3 is 9.84 Å². The van der Waals surface area contributed by atoms with Crippen molar-refractivity contribution in [3.8, 4) is 11.5 Å². The fourth-order valence-electron chi connectivity index (χ4n) is 3.37. The maximum absolute atomic E-state index is 10.3. The van der Waals surface area contributed by atoms with Gasteiger partial charge in [-0.1, -0.05) is 57.0 Å². The quantitative estimate of drug-likeness (QED) is 0.712. The van der Waals surface area contributed by atoms with E-state index in [9.17, 15) is 5.11 Å². The molecule has 4 heteroatoms. The Labute approximate surface area is 160 Å². The first-order valence-electron chi connectivity index (χ1n) is 9.32. The highest BCUT2D eigenvalue weighted by atomic mass is 32.2. The second kappa shape index (κ2) is 8.17. The fourth-order valence-corrected chi connectivity index (χ4v) is 4.71. The second-order valence-corrected chi connectivity index (χ2v) is 7.83. The molecule has 0 aromatic heterocycles. The normalized spacial score (nSPS) is 19.4. The van der Waals surface area contributed by atoms with E-state index in [4.69, 9.17) is 9.73 Å². The molecule has 0 amide bonds. The zero-order chi connectivity index (χ0) is 18.6. The monoisotopic (exact) mass is 369 g/mol. The van der Waals surface area contributed by atoms with Crippen molar-refractivity contribution in [2.75, 3.05) is 12.9 Å². The number of methoxy groups -OCH3 is 1. The molecule has 0 bridgehead atoms. The molecular formula is C22H27NO2S. The third-order valence-corrected chi connectivity index (χ3v) is 6.41. The third-order valence-electron chi connectivity index (χ3n) is 5.08. The van der Waals surface area contributed by atoms with Crippen LogP contribution in [0.25, 0.3) is 0 Å². The molecule has 0 fully saturated rings. The molecule has 1 aliphatic heterocycles. The Morgan fingerprint density at radius 2 is 1.96 bits per heavy atom. The molecule has 0 unspecified atom stereocenters. The molecule has 0 saturated heterocycles. The summed E-state index contributed by atoms with van der Waals surface area (Å²) in [6.45, 7) is 4.46. The van der Waals surface area contributed by atoms with E-state index >= 15 is 0 Å². The first-order valence-corrected chi connectivity index (χ1v) is 10.3. The van der Waals surface area contributed by atoms with Gasteiger partial charge in [-0.15, -0.1) is 11.8 Å². The van der Waals surface area contributed by atoms with Gasteiger partial charge in [-0.3, -0.25) is 4.99 Å². The Hall–Kier alpha value is -1.94. The number of nitrogens with zero attached hydrogens (tertiary/aromatic N) is 1. The van der Waals surface area contributed by atoms with Crippen LogP contribution in [0.2, 0.25) is 0 Å². The van der Waals surface area contributed by atoms with Crippen LogP contribution in [0.5, 0.6) is 11.5 Å². The van der Waals surface area contributed by atoms with E-state index < -0.39 is 0 Å². The molecule has 3 rings (SSSR count). The van der Waals surface area contributed by atoms with Crippen molar-refractivity contribution in [3.63, 3.8) is 0 Å². The van der Waals surface area contributed by atoms with Crippen molar-refractivity contribution < 1.29 is 9.84 Å². The van der Waals surface area contributed by atoms with Crippen LogP contribution >= 0.6 is 11.8 Å². The highest BCUT2D eigenvalue weighted by Crippen LogP contribution is 2.42. The lowest BCUT2D eigenvalue weighted by molar-refractivity contribution is 0.372. The van der Waals surface area contributed by atoms with Crippen molar-refractivity contribution in [3.05, 3.63) is 53.6 Å². The van der Waals surface area contributed by atoms with E-state index in [2.05, 4.69) is 26.0 Å². The van der Waals surface area contributed by atoms with Crippen LogP contribution in [-0.2, 0) is 0 Å². The average Bonchev–Trinajstić information content (AvgIpc) is 2.84. The second-order valence-electron chi connectivity index (χ2n) is 6.82. The van der Waals surface area contributed by atoms with Crippen molar-refractivity contribution in [2.45, 2.75) is 50.0 Å². The number of hydrogen-bond donors (Lipinski definition) is 1. The molecule has 1 heterocycles. The summed E-state index contributed by atoms with van der Waals surface area (Å²) in [5, 5.41) is 10.3. The Balaban J connectivity index is 2.19. The van der Waals surface area contributed by atoms with E-state index in [1.807, 2.05) is 30.3 Å². The molecule has 0 saturated carbocycles. The lowest BCUT2D eigenvalue weighted by atomic mass is 9.91. The van der Waals surface area contributed by atoms with Gasteiger partial charge >= 0.3 is 0 Å². The number of hydrogen-bond acceptors (Lipinski definition) is 4. The van der Waals surface area contributed by atoms with E-state index in [-0.39, 0.29) is 11.3 Å². The highest BCUT2D eigenvalue weighted by molar-refractivity contribution is 7.99. The molecule has 138 valence electrons. The van der Waals surface area contributed by atoms with Crippen LogP contribution in [0, 0.1) is 0 Å². The first kappa shape index (κ1) is 18.8. The number of phenols is 1. The topological polar surface area (TPSA) is 41.8 Å². The summed E-state index contributed by atoms with van der Waals surface area (Å²) < 4.78 is 5.37. The number of unbranched alkanes of at least 4 members (excludes halogenated alkanes) is 1. The molecule has 1 N–H and O–H groups in total. The summed E-state index contributed by atoms with van der Waals surface area (Å²) in [7, 11) is 1.59. The van der Waals surface area contributed by atoms with Gasteiger partial charge in [0.15, 0.2) is 11.5 Å². The predicted molar refractivity (Wildman–Crippen MR) is 110 cm³/mol. The van der Waals surface area contributed by atoms with Gasteiger partial charge in [-0.05, 0) is 25.0 Å². The lowest BCUT2D eigenvalue weighted by Crippen LogP contribution is -2.29. The molecule has 26 heavy (non-hydrogen) atoms. The van der Waals surface area contributed by atoms with Gasteiger partial charge in [0.25, 0.3) is 0 Å². The predicted octanol–water partition coefficient (Wildman–Crippen LogP) is 5.68. The summed E-state index contributed by atoms with van der Waals surface area (Å²) in [4.78, 5) is 6.41. The van der Waals surface area contributed by atoms with Crippen molar-refractivity contribution in [1.82, 2.24) is 0 Å². The summed E-state index contributed by atoms with van der Waals surface area (Å²) in [5.41, 5.74) is 3.08. The molecule has 2 aromatic rings. The minimum absolute atomic E-state index is 0.0757. The van der Waals surface area contributed by atoms with E-state index in [0.29, 0.717) is 5.75 Å². The molecule has 3 nitrogen and oxygen atoms in total. The fraction of sp³-hybridized carbons (Fsp3) is 0.409. The molecule has 0 radical (unpaired) electrons. The Bertz CT molecular complexity index is 788. The van der Waals surface area contributed by atoms with Crippen LogP contribution in [0.3, 0.4) is 0 Å². The molecule has 0 aliphatic carbocycles. The van der Waals surface area contributed by atoms with Crippen LogP contribution in [-0.4, -0.2) is 29.2 Å². The summed E-state index contributed by atoms with van der Waals surface area (Å²) in [6, 6.07) is 14.1. The standard InChI is InChI=1S/C22H27NO2S/c1-4-6-12-22(5-2)15-26-20-14-18(24)19(25-3)13-17(20)21(23-22)16-10-8-7-9-11-16/h7-11,13-14,24H,4-6,12,15H2,1-3H3/t22-/m1/s1. The van der Waals surface area contributed by atoms with Crippen LogP contribution in [0.1, 0.15) is 50.7 Å². The van der Waals surface area contributed by atoms with Gasteiger partial charge in [0.1, 0.15) is 0 Å². The van der Waals surface area contributed by atoms with Crippen LogP contribution in [0.4, 0.5) is 0 Å².